The fraction of sp³-hybridized carbons (Fsp3) is 0.533. The van der Waals surface area contributed by atoms with Gasteiger partial charge in [0.05, 0.1) is 10.7 Å². The first-order valence-electron chi connectivity index (χ1n) is 6.85. The molecule has 0 aromatic carbocycles. The van der Waals surface area contributed by atoms with E-state index >= 15 is 0 Å². The number of hydrogen-bond acceptors (Lipinski definition) is 3. The molecule has 0 saturated heterocycles. The van der Waals surface area contributed by atoms with Crippen LogP contribution in [0.3, 0.4) is 0 Å². The SMILES string of the molecule is CC1=CCN(c2ccc(Cl)c(CNC(C)C)n2)CC1. The molecule has 0 radical (unpaired) electrons. The van der Waals surface area contributed by atoms with E-state index in [2.05, 4.69) is 37.1 Å². The smallest absolute Gasteiger partial charge is 0.129 e. The minimum atomic E-state index is 0.432. The van der Waals surface area contributed by atoms with Crippen LogP contribution in [0.4, 0.5) is 5.82 Å². The zero-order chi connectivity index (χ0) is 13.8. The van der Waals surface area contributed by atoms with Crippen molar-refractivity contribution >= 4 is 17.4 Å². The number of pyridine rings is 1. The maximum absolute atomic E-state index is 6.21. The second-order valence-corrected chi connectivity index (χ2v) is 5.79. The number of nitrogens with zero attached hydrogens (tertiary/aromatic N) is 2. The van der Waals surface area contributed by atoms with Crippen molar-refractivity contribution in [1.29, 1.82) is 0 Å². The number of aromatic nitrogens is 1. The van der Waals surface area contributed by atoms with Crippen LogP contribution >= 0.6 is 11.6 Å². The first kappa shape index (κ1) is 14.4. The summed E-state index contributed by atoms with van der Waals surface area (Å²) in [5, 5.41) is 4.10. The van der Waals surface area contributed by atoms with Gasteiger partial charge in [-0.15, -0.1) is 0 Å². The third-order valence-corrected chi connectivity index (χ3v) is 3.69. The molecule has 1 N–H and O–H groups in total. The Balaban J connectivity index is 2.12. The van der Waals surface area contributed by atoms with E-state index in [1.54, 1.807) is 0 Å². The van der Waals surface area contributed by atoms with Gasteiger partial charge < -0.3 is 10.2 Å². The van der Waals surface area contributed by atoms with Gasteiger partial charge in [0.1, 0.15) is 5.82 Å². The Morgan fingerprint density at radius 2 is 2.21 bits per heavy atom. The highest BCUT2D eigenvalue weighted by Crippen LogP contribution is 2.22. The van der Waals surface area contributed by atoms with Gasteiger partial charge >= 0.3 is 0 Å². The molecule has 0 amide bonds. The van der Waals surface area contributed by atoms with E-state index in [0.717, 1.165) is 36.0 Å². The number of rotatable bonds is 4. The molecule has 0 atom stereocenters. The normalized spacial score (nSPS) is 15.8. The van der Waals surface area contributed by atoms with E-state index in [1.165, 1.54) is 5.57 Å². The summed E-state index contributed by atoms with van der Waals surface area (Å²) in [6, 6.07) is 4.39. The molecule has 0 bridgehead atoms. The summed E-state index contributed by atoms with van der Waals surface area (Å²) in [4.78, 5) is 6.99. The van der Waals surface area contributed by atoms with Crippen LogP contribution in [0.15, 0.2) is 23.8 Å². The predicted octanol–water partition coefficient (Wildman–Crippen LogP) is 3.39. The molecule has 1 aromatic rings. The summed E-state index contributed by atoms with van der Waals surface area (Å²) in [6.45, 7) is 9.12. The standard InChI is InChI=1S/C15H22ClN3/c1-11(2)17-10-14-13(16)4-5-15(18-14)19-8-6-12(3)7-9-19/h4-6,11,17H,7-10H2,1-3H3. The molecule has 2 rings (SSSR count). The Hall–Kier alpha value is -1.06. The molecule has 19 heavy (non-hydrogen) atoms. The van der Waals surface area contributed by atoms with Crippen molar-refractivity contribution in [2.75, 3.05) is 18.0 Å². The van der Waals surface area contributed by atoms with Crippen molar-refractivity contribution in [2.45, 2.75) is 39.8 Å². The average molecular weight is 280 g/mol. The molecule has 0 fully saturated rings. The zero-order valence-corrected chi connectivity index (χ0v) is 12.7. The molecule has 1 aliphatic heterocycles. The lowest BCUT2D eigenvalue weighted by Crippen LogP contribution is -2.29. The monoisotopic (exact) mass is 279 g/mol. The van der Waals surface area contributed by atoms with Gasteiger partial charge in [0.2, 0.25) is 0 Å². The van der Waals surface area contributed by atoms with E-state index in [-0.39, 0.29) is 0 Å². The van der Waals surface area contributed by atoms with Gasteiger partial charge in [-0.05, 0) is 25.5 Å². The summed E-state index contributed by atoms with van der Waals surface area (Å²) in [5.74, 6) is 1.02. The Bertz CT molecular complexity index is 468. The van der Waals surface area contributed by atoms with Crippen LogP contribution in [0.25, 0.3) is 0 Å². The largest absolute Gasteiger partial charge is 0.353 e. The van der Waals surface area contributed by atoms with Gasteiger partial charge in [-0.25, -0.2) is 4.98 Å². The second kappa shape index (κ2) is 6.40. The molecular formula is C15H22ClN3. The summed E-state index contributed by atoms with van der Waals surface area (Å²) in [6.07, 6.45) is 3.38. The number of halogens is 1. The molecule has 104 valence electrons. The van der Waals surface area contributed by atoms with Gasteiger partial charge in [-0.1, -0.05) is 37.1 Å². The van der Waals surface area contributed by atoms with Crippen molar-refractivity contribution in [3.05, 3.63) is 34.5 Å². The van der Waals surface area contributed by atoms with Gasteiger partial charge in [-0.3, -0.25) is 0 Å². The predicted molar refractivity (Wildman–Crippen MR) is 81.8 cm³/mol. The molecular weight excluding hydrogens is 258 g/mol. The van der Waals surface area contributed by atoms with Crippen LogP contribution in [0.2, 0.25) is 5.02 Å². The average Bonchev–Trinajstić information content (AvgIpc) is 2.39. The quantitative estimate of drug-likeness (QED) is 0.857. The maximum Gasteiger partial charge on any atom is 0.129 e. The van der Waals surface area contributed by atoms with E-state index in [9.17, 15) is 0 Å². The lowest BCUT2D eigenvalue weighted by molar-refractivity contribution is 0.581. The molecule has 0 saturated carbocycles. The fourth-order valence-electron chi connectivity index (χ4n) is 2.05. The van der Waals surface area contributed by atoms with Gasteiger partial charge in [0.15, 0.2) is 0 Å². The summed E-state index contributed by atoms with van der Waals surface area (Å²) in [7, 11) is 0. The zero-order valence-electron chi connectivity index (χ0n) is 11.9. The van der Waals surface area contributed by atoms with Gasteiger partial charge in [-0.2, -0.15) is 0 Å². The van der Waals surface area contributed by atoms with Gasteiger partial charge in [0.25, 0.3) is 0 Å². The second-order valence-electron chi connectivity index (χ2n) is 5.38. The summed E-state index contributed by atoms with van der Waals surface area (Å²) < 4.78 is 0. The Morgan fingerprint density at radius 3 is 2.84 bits per heavy atom. The summed E-state index contributed by atoms with van der Waals surface area (Å²) >= 11 is 6.21. The number of anilines is 1. The number of nitrogens with one attached hydrogen (secondary N) is 1. The topological polar surface area (TPSA) is 28.2 Å². The third kappa shape index (κ3) is 3.95. The van der Waals surface area contributed by atoms with Crippen molar-refractivity contribution in [2.24, 2.45) is 0 Å². The van der Waals surface area contributed by atoms with Gasteiger partial charge in [0, 0.05) is 25.7 Å². The molecule has 1 aliphatic rings. The van der Waals surface area contributed by atoms with Crippen molar-refractivity contribution in [3.8, 4) is 0 Å². The number of hydrogen-bond donors (Lipinski definition) is 1. The first-order valence-corrected chi connectivity index (χ1v) is 7.23. The molecule has 0 aliphatic carbocycles. The van der Waals surface area contributed by atoms with Crippen molar-refractivity contribution in [1.82, 2.24) is 10.3 Å². The lowest BCUT2D eigenvalue weighted by atomic mass is 10.1. The van der Waals surface area contributed by atoms with E-state index in [0.29, 0.717) is 12.6 Å². The van der Waals surface area contributed by atoms with Crippen LogP contribution in [-0.4, -0.2) is 24.1 Å². The van der Waals surface area contributed by atoms with Crippen molar-refractivity contribution < 1.29 is 0 Å². The Morgan fingerprint density at radius 1 is 1.42 bits per heavy atom. The molecule has 2 heterocycles. The highest BCUT2D eigenvalue weighted by molar-refractivity contribution is 6.31. The van der Waals surface area contributed by atoms with Crippen LogP contribution in [0, 0.1) is 0 Å². The molecule has 3 nitrogen and oxygen atoms in total. The Labute approximate surface area is 120 Å². The minimum Gasteiger partial charge on any atom is -0.353 e. The molecule has 1 aromatic heterocycles. The highest BCUT2D eigenvalue weighted by Gasteiger charge is 2.13. The fourth-order valence-corrected chi connectivity index (χ4v) is 2.22. The summed E-state index contributed by atoms with van der Waals surface area (Å²) in [5.41, 5.74) is 2.39. The van der Waals surface area contributed by atoms with E-state index in [1.807, 2.05) is 12.1 Å². The van der Waals surface area contributed by atoms with E-state index < -0.39 is 0 Å². The lowest BCUT2D eigenvalue weighted by Gasteiger charge is -2.27. The highest BCUT2D eigenvalue weighted by atomic mass is 35.5. The van der Waals surface area contributed by atoms with E-state index in [4.69, 9.17) is 16.6 Å². The van der Waals surface area contributed by atoms with Crippen LogP contribution < -0.4 is 10.2 Å². The maximum atomic E-state index is 6.21. The minimum absolute atomic E-state index is 0.432. The van der Waals surface area contributed by atoms with Crippen LogP contribution in [-0.2, 0) is 6.54 Å². The third-order valence-electron chi connectivity index (χ3n) is 3.34. The molecule has 0 unspecified atom stereocenters. The molecule has 0 spiro atoms. The van der Waals surface area contributed by atoms with Crippen LogP contribution in [0.1, 0.15) is 32.9 Å². The molecule has 4 heteroatoms. The van der Waals surface area contributed by atoms with Crippen LogP contribution in [0.5, 0.6) is 0 Å². The first-order chi connectivity index (χ1) is 9.06. The Kier molecular flexibility index (Phi) is 4.83. The van der Waals surface area contributed by atoms with Crippen molar-refractivity contribution in [3.63, 3.8) is 0 Å².